The molecule has 2 N–H and O–H groups in total. The fourth-order valence-corrected chi connectivity index (χ4v) is 2.61. The predicted octanol–water partition coefficient (Wildman–Crippen LogP) is 1.55. The molecule has 6 heteroatoms. The lowest BCUT2D eigenvalue weighted by molar-refractivity contribution is -0.137. The van der Waals surface area contributed by atoms with Gasteiger partial charge in [0.15, 0.2) is 0 Å². The Morgan fingerprint density at radius 2 is 2.00 bits per heavy atom. The summed E-state index contributed by atoms with van der Waals surface area (Å²) in [5, 5.41) is 0. The smallest absolute Gasteiger partial charge is 0.251 e. The Morgan fingerprint density at radius 3 is 2.50 bits per heavy atom. The van der Waals surface area contributed by atoms with Gasteiger partial charge in [-0.1, -0.05) is 27.2 Å². The molecule has 0 unspecified atom stereocenters. The summed E-state index contributed by atoms with van der Waals surface area (Å²) in [6.45, 7) is 7.23. The first-order valence-corrected chi connectivity index (χ1v) is 7.47. The van der Waals surface area contributed by atoms with E-state index in [9.17, 15) is 13.6 Å². The molecule has 1 saturated heterocycles. The van der Waals surface area contributed by atoms with E-state index >= 15 is 0 Å². The van der Waals surface area contributed by atoms with Gasteiger partial charge in [0.1, 0.15) is 0 Å². The topological polar surface area (TPSA) is 49.6 Å². The Hall–Kier alpha value is -0.750. The number of hydrogen-bond donors (Lipinski definition) is 1. The molecule has 1 aliphatic rings. The molecule has 20 heavy (non-hydrogen) atoms. The van der Waals surface area contributed by atoms with E-state index in [2.05, 4.69) is 0 Å². The number of hydrogen-bond acceptors (Lipinski definition) is 3. The molecule has 3 atom stereocenters. The zero-order chi connectivity index (χ0) is 15.3. The van der Waals surface area contributed by atoms with Gasteiger partial charge in [-0.15, -0.1) is 0 Å². The van der Waals surface area contributed by atoms with Crippen molar-refractivity contribution in [1.82, 2.24) is 9.80 Å². The number of piperazine rings is 1. The van der Waals surface area contributed by atoms with Gasteiger partial charge in [-0.3, -0.25) is 9.69 Å². The SMILES string of the molecule is CC[C@@H]1CN(C(=O)[C@@H](N)[C@@H](C)CC)CCN1CC(F)F. The number of halogens is 2. The van der Waals surface area contributed by atoms with Crippen molar-refractivity contribution >= 4 is 5.91 Å². The third-order valence-electron chi connectivity index (χ3n) is 4.30. The molecule has 1 aliphatic heterocycles. The lowest BCUT2D eigenvalue weighted by atomic mass is 9.98. The van der Waals surface area contributed by atoms with E-state index in [1.165, 1.54) is 0 Å². The van der Waals surface area contributed by atoms with Crippen LogP contribution in [-0.2, 0) is 4.79 Å². The zero-order valence-corrected chi connectivity index (χ0v) is 12.7. The number of nitrogens with two attached hydrogens (primary N) is 1. The van der Waals surface area contributed by atoms with E-state index in [4.69, 9.17) is 5.73 Å². The molecule has 0 saturated carbocycles. The summed E-state index contributed by atoms with van der Waals surface area (Å²) in [6.07, 6.45) is -0.710. The highest BCUT2D eigenvalue weighted by Gasteiger charge is 2.32. The average Bonchev–Trinajstić information content (AvgIpc) is 2.44. The van der Waals surface area contributed by atoms with E-state index in [1.54, 1.807) is 9.80 Å². The molecule has 0 aromatic rings. The van der Waals surface area contributed by atoms with E-state index in [-0.39, 0.29) is 24.4 Å². The van der Waals surface area contributed by atoms with Crippen molar-refractivity contribution in [1.29, 1.82) is 0 Å². The van der Waals surface area contributed by atoms with Gasteiger partial charge in [0.05, 0.1) is 12.6 Å². The summed E-state index contributed by atoms with van der Waals surface area (Å²) >= 11 is 0. The van der Waals surface area contributed by atoms with E-state index in [1.807, 2.05) is 20.8 Å². The molecule has 1 fully saturated rings. The lowest BCUT2D eigenvalue weighted by Gasteiger charge is -2.42. The first-order valence-electron chi connectivity index (χ1n) is 7.47. The Labute approximate surface area is 120 Å². The zero-order valence-electron chi connectivity index (χ0n) is 12.7. The third kappa shape index (κ3) is 4.38. The molecular weight excluding hydrogens is 264 g/mol. The fraction of sp³-hybridized carbons (Fsp3) is 0.929. The number of alkyl halides is 2. The standard InChI is InChI=1S/C14H27F2N3O/c1-4-10(3)13(17)14(20)19-7-6-18(9-12(15)16)11(5-2)8-19/h10-13H,4-9,17H2,1-3H3/t10-,11+,13-/m0/s1. The second-order valence-electron chi connectivity index (χ2n) is 5.64. The normalized spacial score (nSPS) is 23.9. The van der Waals surface area contributed by atoms with Crippen LogP contribution in [0, 0.1) is 5.92 Å². The number of carbonyl (C=O) groups excluding carboxylic acids is 1. The molecule has 0 aromatic carbocycles. The fourth-order valence-electron chi connectivity index (χ4n) is 2.61. The van der Waals surface area contributed by atoms with Gasteiger partial charge in [-0.05, 0) is 12.3 Å². The van der Waals surface area contributed by atoms with Gasteiger partial charge in [-0.2, -0.15) is 0 Å². The number of carbonyl (C=O) groups is 1. The van der Waals surface area contributed by atoms with Gasteiger partial charge in [0, 0.05) is 25.7 Å². The van der Waals surface area contributed by atoms with Crippen LogP contribution in [0.5, 0.6) is 0 Å². The first kappa shape index (κ1) is 17.3. The second-order valence-corrected chi connectivity index (χ2v) is 5.64. The molecule has 0 aromatic heterocycles. The summed E-state index contributed by atoms with van der Waals surface area (Å²) in [6, 6.07) is -0.481. The minimum Gasteiger partial charge on any atom is -0.338 e. The van der Waals surface area contributed by atoms with Crippen LogP contribution >= 0.6 is 0 Å². The van der Waals surface area contributed by atoms with E-state index in [0.29, 0.717) is 19.6 Å². The number of nitrogens with zero attached hydrogens (tertiary/aromatic N) is 2. The molecule has 0 bridgehead atoms. The maximum absolute atomic E-state index is 12.5. The van der Waals surface area contributed by atoms with Crippen molar-refractivity contribution < 1.29 is 13.6 Å². The molecule has 4 nitrogen and oxygen atoms in total. The summed E-state index contributed by atoms with van der Waals surface area (Å²) in [7, 11) is 0. The molecule has 0 aliphatic carbocycles. The quantitative estimate of drug-likeness (QED) is 0.808. The van der Waals surface area contributed by atoms with Gasteiger partial charge < -0.3 is 10.6 Å². The molecule has 0 spiro atoms. The van der Waals surface area contributed by atoms with Crippen molar-refractivity contribution in [2.24, 2.45) is 11.7 Å². The summed E-state index contributed by atoms with van der Waals surface area (Å²) in [5.74, 6) is 0.0937. The van der Waals surface area contributed by atoms with Crippen LogP contribution in [0.4, 0.5) is 8.78 Å². The van der Waals surface area contributed by atoms with Crippen LogP contribution in [0.25, 0.3) is 0 Å². The monoisotopic (exact) mass is 291 g/mol. The van der Waals surface area contributed by atoms with Crippen molar-refractivity contribution in [2.75, 3.05) is 26.2 Å². The predicted molar refractivity (Wildman–Crippen MR) is 75.7 cm³/mol. The maximum atomic E-state index is 12.5. The number of amides is 1. The molecule has 0 radical (unpaired) electrons. The van der Waals surface area contributed by atoms with Crippen LogP contribution < -0.4 is 5.73 Å². The van der Waals surface area contributed by atoms with Crippen molar-refractivity contribution in [2.45, 2.75) is 52.1 Å². The van der Waals surface area contributed by atoms with Gasteiger partial charge in [-0.25, -0.2) is 8.78 Å². The molecule has 1 heterocycles. The van der Waals surface area contributed by atoms with Crippen LogP contribution in [0.2, 0.25) is 0 Å². The lowest BCUT2D eigenvalue weighted by Crippen LogP contribution is -2.58. The van der Waals surface area contributed by atoms with Crippen LogP contribution in [0.15, 0.2) is 0 Å². The van der Waals surface area contributed by atoms with Crippen LogP contribution in [-0.4, -0.2) is 60.4 Å². The van der Waals surface area contributed by atoms with Gasteiger partial charge in [0.2, 0.25) is 5.91 Å². The molecule has 118 valence electrons. The Kier molecular flexibility index (Phi) is 6.82. The van der Waals surface area contributed by atoms with Gasteiger partial charge in [0.25, 0.3) is 6.43 Å². The summed E-state index contributed by atoms with van der Waals surface area (Å²) in [4.78, 5) is 15.8. The molecule has 1 amide bonds. The highest BCUT2D eigenvalue weighted by atomic mass is 19.3. The number of rotatable bonds is 6. The van der Waals surface area contributed by atoms with E-state index in [0.717, 1.165) is 12.8 Å². The van der Waals surface area contributed by atoms with Crippen LogP contribution in [0.3, 0.4) is 0 Å². The van der Waals surface area contributed by atoms with Crippen LogP contribution in [0.1, 0.15) is 33.6 Å². The summed E-state index contributed by atoms with van der Waals surface area (Å²) in [5.41, 5.74) is 5.98. The average molecular weight is 291 g/mol. The minimum absolute atomic E-state index is 0.00540. The highest BCUT2D eigenvalue weighted by Crippen LogP contribution is 2.17. The Bertz CT molecular complexity index is 315. The van der Waals surface area contributed by atoms with Gasteiger partial charge >= 0.3 is 0 Å². The Morgan fingerprint density at radius 1 is 1.35 bits per heavy atom. The molecular formula is C14H27F2N3O. The van der Waals surface area contributed by atoms with Crippen molar-refractivity contribution in [3.63, 3.8) is 0 Å². The molecule has 1 rings (SSSR count). The highest BCUT2D eigenvalue weighted by molar-refractivity contribution is 5.82. The third-order valence-corrected chi connectivity index (χ3v) is 4.30. The maximum Gasteiger partial charge on any atom is 0.251 e. The largest absolute Gasteiger partial charge is 0.338 e. The Balaban J connectivity index is 2.61. The van der Waals surface area contributed by atoms with Crippen molar-refractivity contribution in [3.05, 3.63) is 0 Å². The van der Waals surface area contributed by atoms with E-state index < -0.39 is 12.5 Å². The minimum atomic E-state index is -2.33. The summed E-state index contributed by atoms with van der Waals surface area (Å²) < 4.78 is 25.0. The van der Waals surface area contributed by atoms with Crippen molar-refractivity contribution in [3.8, 4) is 0 Å². The second kappa shape index (κ2) is 7.88. The first-order chi connectivity index (χ1) is 9.40.